The van der Waals surface area contributed by atoms with E-state index in [1.165, 1.54) is 33.4 Å². The highest BCUT2D eigenvalue weighted by molar-refractivity contribution is 7.10. The molecule has 3 aromatic carbocycles. The Hall–Kier alpha value is -2.71. The van der Waals surface area contributed by atoms with Crippen molar-refractivity contribution in [2.45, 2.75) is 26.7 Å². The zero-order chi connectivity index (χ0) is 18.6. The Morgan fingerprint density at radius 2 is 1.52 bits per heavy atom. The third-order valence-electron chi connectivity index (χ3n) is 4.90. The Bertz CT molecular complexity index is 1030. The second kappa shape index (κ2) is 7.89. The molecule has 1 nitrogen and oxygen atoms in total. The van der Waals surface area contributed by atoms with Crippen molar-refractivity contribution in [1.82, 2.24) is 4.98 Å². The van der Waals surface area contributed by atoms with Crippen LogP contribution in [0.25, 0.3) is 11.3 Å². The molecule has 0 atom stereocenters. The summed E-state index contributed by atoms with van der Waals surface area (Å²) >= 11 is 1.74. The van der Waals surface area contributed by atoms with Crippen molar-refractivity contribution >= 4 is 11.3 Å². The first-order chi connectivity index (χ1) is 13.2. The van der Waals surface area contributed by atoms with Crippen molar-refractivity contribution in [2.24, 2.45) is 0 Å². The van der Waals surface area contributed by atoms with Crippen molar-refractivity contribution in [3.63, 3.8) is 0 Å². The van der Waals surface area contributed by atoms with Gasteiger partial charge in [-0.25, -0.2) is 4.98 Å². The van der Waals surface area contributed by atoms with Gasteiger partial charge in [-0.2, -0.15) is 0 Å². The molecular weight excluding hydrogens is 346 g/mol. The van der Waals surface area contributed by atoms with Crippen LogP contribution < -0.4 is 0 Å². The first kappa shape index (κ1) is 17.7. The third-order valence-corrected chi connectivity index (χ3v) is 5.75. The van der Waals surface area contributed by atoms with E-state index in [2.05, 4.69) is 92.0 Å². The summed E-state index contributed by atoms with van der Waals surface area (Å²) in [6, 6.07) is 26.1. The number of benzene rings is 3. The predicted octanol–water partition coefficient (Wildman–Crippen LogP) is 6.61. The van der Waals surface area contributed by atoms with E-state index in [-0.39, 0.29) is 0 Å². The van der Waals surface area contributed by atoms with Crippen LogP contribution in [0.2, 0.25) is 0 Å². The molecule has 0 saturated carbocycles. The fourth-order valence-corrected chi connectivity index (χ4v) is 4.14. The lowest BCUT2D eigenvalue weighted by molar-refractivity contribution is 1.13. The Labute approximate surface area is 165 Å². The molecule has 1 aromatic heterocycles. The van der Waals surface area contributed by atoms with Crippen molar-refractivity contribution in [3.05, 3.63) is 111 Å². The van der Waals surface area contributed by atoms with E-state index in [1.54, 1.807) is 11.3 Å². The first-order valence-corrected chi connectivity index (χ1v) is 10.2. The second-order valence-corrected chi connectivity index (χ2v) is 8.04. The van der Waals surface area contributed by atoms with Crippen LogP contribution in [0.3, 0.4) is 0 Å². The summed E-state index contributed by atoms with van der Waals surface area (Å²) in [7, 11) is 0. The zero-order valence-electron chi connectivity index (χ0n) is 15.8. The van der Waals surface area contributed by atoms with Gasteiger partial charge in [0.1, 0.15) is 0 Å². The number of aryl methyl sites for hydroxylation is 2. The lowest BCUT2D eigenvalue weighted by Gasteiger charge is -2.08. The maximum Gasteiger partial charge on any atom is 0.0976 e. The van der Waals surface area contributed by atoms with Crippen LogP contribution in [-0.4, -0.2) is 4.98 Å². The Morgan fingerprint density at radius 1 is 0.778 bits per heavy atom. The summed E-state index contributed by atoms with van der Waals surface area (Å²) in [5, 5.41) is 3.33. The van der Waals surface area contributed by atoms with Crippen molar-refractivity contribution < 1.29 is 0 Å². The molecule has 0 bridgehead atoms. The summed E-state index contributed by atoms with van der Waals surface area (Å²) in [4.78, 5) is 4.83. The average molecular weight is 370 g/mol. The number of rotatable bonds is 5. The highest BCUT2D eigenvalue weighted by atomic mass is 32.1. The molecule has 0 radical (unpaired) electrons. The topological polar surface area (TPSA) is 12.9 Å². The van der Waals surface area contributed by atoms with Crippen LogP contribution >= 0.6 is 11.3 Å². The van der Waals surface area contributed by atoms with Gasteiger partial charge in [0.25, 0.3) is 0 Å². The van der Waals surface area contributed by atoms with Gasteiger partial charge >= 0.3 is 0 Å². The summed E-state index contributed by atoms with van der Waals surface area (Å²) < 4.78 is 0. The molecular formula is C25H23NS. The first-order valence-electron chi connectivity index (χ1n) is 9.31. The van der Waals surface area contributed by atoms with Crippen LogP contribution in [-0.2, 0) is 12.8 Å². The van der Waals surface area contributed by atoms with Crippen LogP contribution in [0.15, 0.2) is 78.2 Å². The number of thiazole rings is 1. The number of nitrogens with zero attached hydrogens (tertiary/aromatic N) is 1. The summed E-state index contributed by atoms with van der Waals surface area (Å²) in [5.41, 5.74) is 8.99. The lowest BCUT2D eigenvalue weighted by Crippen LogP contribution is -1.93. The van der Waals surface area contributed by atoms with Crippen LogP contribution in [0.5, 0.6) is 0 Å². The standard InChI is InChI=1S/C25H23NS/c1-18-8-9-19(2)23(14-18)15-21-10-12-22(13-11-21)24-17-27-25(26-24)16-20-6-4-3-5-7-20/h3-14,17H,15-16H2,1-2H3. The maximum absolute atomic E-state index is 4.83. The normalized spacial score (nSPS) is 10.9. The van der Waals surface area contributed by atoms with Gasteiger partial charge in [0.05, 0.1) is 10.7 Å². The largest absolute Gasteiger partial charge is 0.241 e. The van der Waals surface area contributed by atoms with Crippen LogP contribution in [0, 0.1) is 13.8 Å². The van der Waals surface area contributed by atoms with Crippen molar-refractivity contribution in [3.8, 4) is 11.3 Å². The second-order valence-electron chi connectivity index (χ2n) is 7.09. The molecule has 0 aliphatic rings. The zero-order valence-corrected chi connectivity index (χ0v) is 16.6. The Balaban J connectivity index is 1.48. The SMILES string of the molecule is Cc1ccc(C)c(Cc2ccc(-c3csc(Cc4ccccc4)n3)cc2)c1. The maximum atomic E-state index is 4.83. The van der Waals surface area contributed by atoms with Gasteiger partial charge in [0.2, 0.25) is 0 Å². The van der Waals surface area contributed by atoms with Gasteiger partial charge in [0, 0.05) is 17.4 Å². The quantitative estimate of drug-likeness (QED) is 0.386. The van der Waals surface area contributed by atoms with Gasteiger partial charge in [-0.1, -0.05) is 78.4 Å². The van der Waals surface area contributed by atoms with Crippen molar-refractivity contribution in [2.75, 3.05) is 0 Å². The molecule has 0 spiro atoms. The van der Waals surface area contributed by atoms with E-state index in [0.29, 0.717) is 0 Å². The molecule has 134 valence electrons. The van der Waals surface area contributed by atoms with Gasteiger partial charge in [-0.3, -0.25) is 0 Å². The summed E-state index contributed by atoms with van der Waals surface area (Å²) in [6.45, 7) is 4.34. The van der Waals surface area contributed by atoms with Crippen LogP contribution in [0.1, 0.15) is 32.8 Å². The number of hydrogen-bond donors (Lipinski definition) is 0. The van der Waals surface area contributed by atoms with E-state index in [0.717, 1.165) is 23.5 Å². The molecule has 0 fully saturated rings. The van der Waals surface area contributed by atoms with Gasteiger partial charge < -0.3 is 0 Å². The highest BCUT2D eigenvalue weighted by Crippen LogP contribution is 2.25. The smallest absolute Gasteiger partial charge is 0.0976 e. The number of aromatic nitrogens is 1. The van der Waals surface area contributed by atoms with E-state index >= 15 is 0 Å². The molecule has 0 unspecified atom stereocenters. The van der Waals surface area contributed by atoms with E-state index in [9.17, 15) is 0 Å². The highest BCUT2D eigenvalue weighted by Gasteiger charge is 2.07. The van der Waals surface area contributed by atoms with Crippen LogP contribution in [0.4, 0.5) is 0 Å². The Kier molecular flexibility index (Phi) is 5.17. The lowest BCUT2D eigenvalue weighted by atomic mass is 9.98. The molecule has 0 amide bonds. The number of hydrogen-bond acceptors (Lipinski definition) is 2. The van der Waals surface area contributed by atoms with E-state index in [4.69, 9.17) is 4.98 Å². The fourth-order valence-electron chi connectivity index (χ4n) is 3.30. The Morgan fingerprint density at radius 3 is 2.30 bits per heavy atom. The summed E-state index contributed by atoms with van der Waals surface area (Å²) in [5.74, 6) is 0. The molecule has 4 aromatic rings. The monoisotopic (exact) mass is 369 g/mol. The van der Waals surface area contributed by atoms with Gasteiger partial charge in [-0.05, 0) is 42.5 Å². The minimum absolute atomic E-state index is 0.899. The summed E-state index contributed by atoms with van der Waals surface area (Å²) in [6.07, 6.45) is 1.88. The molecule has 2 heteroatoms. The molecule has 0 saturated heterocycles. The predicted molar refractivity (Wildman–Crippen MR) is 116 cm³/mol. The third kappa shape index (κ3) is 4.35. The minimum atomic E-state index is 0.899. The van der Waals surface area contributed by atoms with E-state index < -0.39 is 0 Å². The molecule has 0 N–H and O–H groups in total. The molecule has 27 heavy (non-hydrogen) atoms. The molecule has 4 rings (SSSR count). The fraction of sp³-hybridized carbons (Fsp3) is 0.160. The molecule has 0 aliphatic heterocycles. The minimum Gasteiger partial charge on any atom is -0.241 e. The van der Waals surface area contributed by atoms with Gasteiger partial charge in [-0.15, -0.1) is 11.3 Å². The average Bonchev–Trinajstić information content (AvgIpc) is 3.15. The van der Waals surface area contributed by atoms with E-state index in [1.807, 2.05) is 0 Å². The molecule has 0 aliphatic carbocycles. The molecule has 1 heterocycles. The van der Waals surface area contributed by atoms with Crippen molar-refractivity contribution in [1.29, 1.82) is 0 Å². The van der Waals surface area contributed by atoms with Gasteiger partial charge in [0.15, 0.2) is 0 Å².